The maximum atomic E-state index is 13.1. The third-order valence-corrected chi connectivity index (χ3v) is 3.63. The molecular formula is C17H25F2N3O3. The zero-order valence-electron chi connectivity index (χ0n) is 14.4. The van der Waals surface area contributed by atoms with E-state index in [1.165, 1.54) is 6.07 Å². The van der Waals surface area contributed by atoms with Crippen molar-refractivity contribution in [3.8, 4) is 5.75 Å². The molecule has 1 saturated heterocycles. The van der Waals surface area contributed by atoms with E-state index < -0.39 is 11.6 Å². The largest absolute Gasteiger partial charge is 0.492 e. The normalized spacial score (nSPS) is 17.6. The predicted octanol–water partition coefficient (Wildman–Crippen LogP) is 1.70. The van der Waals surface area contributed by atoms with E-state index in [1.807, 2.05) is 0 Å². The molecule has 1 fully saturated rings. The van der Waals surface area contributed by atoms with Crippen molar-refractivity contribution in [2.24, 2.45) is 4.99 Å². The van der Waals surface area contributed by atoms with E-state index in [4.69, 9.17) is 14.2 Å². The molecule has 1 aliphatic rings. The molecule has 0 aliphatic carbocycles. The van der Waals surface area contributed by atoms with E-state index in [1.54, 1.807) is 7.05 Å². The monoisotopic (exact) mass is 357 g/mol. The molecule has 0 radical (unpaired) electrons. The number of nitrogens with zero attached hydrogens (tertiary/aromatic N) is 1. The van der Waals surface area contributed by atoms with E-state index in [2.05, 4.69) is 15.6 Å². The van der Waals surface area contributed by atoms with Crippen LogP contribution in [0.15, 0.2) is 23.2 Å². The lowest BCUT2D eigenvalue weighted by Crippen LogP contribution is -2.40. The molecule has 0 saturated carbocycles. The van der Waals surface area contributed by atoms with Gasteiger partial charge in [0.1, 0.15) is 12.4 Å². The van der Waals surface area contributed by atoms with Crippen molar-refractivity contribution >= 4 is 5.96 Å². The number of guanidine groups is 1. The quantitative estimate of drug-likeness (QED) is 0.400. The van der Waals surface area contributed by atoms with Crippen molar-refractivity contribution in [3.63, 3.8) is 0 Å². The SMILES string of the molecule is CN=C(NCCCOC1CCOC1)NCCOc1ccc(F)c(F)c1. The highest BCUT2D eigenvalue weighted by molar-refractivity contribution is 5.79. The van der Waals surface area contributed by atoms with Gasteiger partial charge in [-0.3, -0.25) is 4.99 Å². The van der Waals surface area contributed by atoms with Crippen molar-refractivity contribution in [1.82, 2.24) is 10.6 Å². The van der Waals surface area contributed by atoms with Gasteiger partial charge in [0.05, 0.1) is 19.3 Å². The Hall–Kier alpha value is -1.93. The second-order valence-corrected chi connectivity index (χ2v) is 5.56. The van der Waals surface area contributed by atoms with E-state index in [0.717, 1.165) is 38.1 Å². The van der Waals surface area contributed by atoms with Crippen LogP contribution in [-0.2, 0) is 9.47 Å². The first-order chi connectivity index (χ1) is 12.2. The van der Waals surface area contributed by atoms with Crippen LogP contribution >= 0.6 is 0 Å². The molecule has 140 valence electrons. The van der Waals surface area contributed by atoms with Gasteiger partial charge in [0.15, 0.2) is 17.6 Å². The molecule has 6 nitrogen and oxygen atoms in total. The Kier molecular flexibility index (Phi) is 8.41. The lowest BCUT2D eigenvalue weighted by molar-refractivity contribution is 0.0420. The number of hydrogen-bond acceptors (Lipinski definition) is 4. The molecule has 0 amide bonds. The molecule has 1 unspecified atom stereocenters. The van der Waals surface area contributed by atoms with Crippen molar-refractivity contribution in [2.45, 2.75) is 18.9 Å². The fraction of sp³-hybridized carbons (Fsp3) is 0.588. The van der Waals surface area contributed by atoms with E-state index in [9.17, 15) is 8.78 Å². The molecule has 1 aromatic rings. The summed E-state index contributed by atoms with van der Waals surface area (Å²) < 4.78 is 42.2. The van der Waals surface area contributed by atoms with Crippen LogP contribution in [0.1, 0.15) is 12.8 Å². The average molecular weight is 357 g/mol. The zero-order chi connectivity index (χ0) is 17.9. The minimum absolute atomic E-state index is 0.228. The van der Waals surface area contributed by atoms with Crippen LogP contribution in [0.25, 0.3) is 0 Å². The second kappa shape index (κ2) is 10.8. The number of rotatable bonds is 9. The van der Waals surface area contributed by atoms with Crippen molar-refractivity contribution in [2.75, 3.05) is 46.6 Å². The lowest BCUT2D eigenvalue weighted by Gasteiger charge is -2.13. The van der Waals surface area contributed by atoms with Crippen molar-refractivity contribution in [3.05, 3.63) is 29.8 Å². The highest BCUT2D eigenvalue weighted by Gasteiger charge is 2.15. The van der Waals surface area contributed by atoms with Crippen LogP contribution in [0, 0.1) is 11.6 Å². The summed E-state index contributed by atoms with van der Waals surface area (Å²) in [6.07, 6.45) is 2.06. The number of ether oxygens (including phenoxy) is 3. The molecule has 1 aliphatic heterocycles. The van der Waals surface area contributed by atoms with Gasteiger partial charge in [0, 0.05) is 32.9 Å². The third-order valence-electron chi connectivity index (χ3n) is 3.63. The molecule has 25 heavy (non-hydrogen) atoms. The summed E-state index contributed by atoms with van der Waals surface area (Å²) >= 11 is 0. The van der Waals surface area contributed by atoms with Crippen LogP contribution in [0.5, 0.6) is 5.75 Å². The smallest absolute Gasteiger partial charge is 0.191 e. The molecular weight excluding hydrogens is 332 g/mol. The minimum atomic E-state index is -0.922. The topological polar surface area (TPSA) is 64.1 Å². The number of halogens is 2. The average Bonchev–Trinajstić information content (AvgIpc) is 3.13. The number of aliphatic imine (C=N–C) groups is 1. The molecule has 0 spiro atoms. The molecule has 1 atom stereocenters. The first-order valence-electron chi connectivity index (χ1n) is 8.40. The van der Waals surface area contributed by atoms with Crippen LogP contribution in [-0.4, -0.2) is 58.6 Å². The van der Waals surface area contributed by atoms with Gasteiger partial charge in [-0.1, -0.05) is 0 Å². The Morgan fingerprint density at radius 3 is 2.80 bits per heavy atom. The maximum absolute atomic E-state index is 13.1. The van der Waals surface area contributed by atoms with Crippen LogP contribution in [0.2, 0.25) is 0 Å². The number of benzene rings is 1. The van der Waals surface area contributed by atoms with Gasteiger partial charge in [0.25, 0.3) is 0 Å². The summed E-state index contributed by atoms with van der Waals surface area (Å²) in [6, 6.07) is 3.46. The summed E-state index contributed by atoms with van der Waals surface area (Å²) in [4.78, 5) is 4.10. The Morgan fingerprint density at radius 1 is 1.24 bits per heavy atom. The molecule has 2 N–H and O–H groups in total. The molecule has 1 heterocycles. The maximum Gasteiger partial charge on any atom is 0.191 e. The van der Waals surface area contributed by atoms with Crippen LogP contribution in [0.3, 0.4) is 0 Å². The van der Waals surface area contributed by atoms with E-state index >= 15 is 0 Å². The Morgan fingerprint density at radius 2 is 2.08 bits per heavy atom. The number of hydrogen-bond donors (Lipinski definition) is 2. The van der Waals surface area contributed by atoms with Crippen LogP contribution < -0.4 is 15.4 Å². The van der Waals surface area contributed by atoms with Crippen LogP contribution in [0.4, 0.5) is 8.78 Å². The van der Waals surface area contributed by atoms with Gasteiger partial charge in [-0.15, -0.1) is 0 Å². The van der Waals surface area contributed by atoms with Crippen molar-refractivity contribution < 1.29 is 23.0 Å². The van der Waals surface area contributed by atoms with Gasteiger partial charge in [0.2, 0.25) is 0 Å². The predicted molar refractivity (Wildman–Crippen MR) is 91.0 cm³/mol. The van der Waals surface area contributed by atoms with E-state index in [0.29, 0.717) is 32.3 Å². The van der Waals surface area contributed by atoms with Gasteiger partial charge in [-0.05, 0) is 25.0 Å². The van der Waals surface area contributed by atoms with Gasteiger partial charge in [-0.25, -0.2) is 8.78 Å². The first-order valence-corrected chi connectivity index (χ1v) is 8.40. The Balaban J connectivity index is 1.53. The highest BCUT2D eigenvalue weighted by Crippen LogP contribution is 2.14. The molecule has 0 bridgehead atoms. The summed E-state index contributed by atoms with van der Waals surface area (Å²) in [5.41, 5.74) is 0. The first kappa shape index (κ1) is 19.4. The molecule has 2 rings (SSSR count). The fourth-order valence-electron chi connectivity index (χ4n) is 2.30. The summed E-state index contributed by atoms with van der Waals surface area (Å²) in [5.74, 6) is -0.872. The minimum Gasteiger partial charge on any atom is -0.492 e. The highest BCUT2D eigenvalue weighted by atomic mass is 19.2. The second-order valence-electron chi connectivity index (χ2n) is 5.56. The third kappa shape index (κ3) is 7.23. The number of nitrogens with one attached hydrogen (secondary N) is 2. The summed E-state index contributed by atoms with van der Waals surface area (Å²) in [6.45, 7) is 3.67. The zero-order valence-corrected chi connectivity index (χ0v) is 14.4. The Bertz CT molecular complexity index is 552. The molecule has 1 aromatic carbocycles. The van der Waals surface area contributed by atoms with Gasteiger partial charge in [-0.2, -0.15) is 0 Å². The summed E-state index contributed by atoms with van der Waals surface area (Å²) in [7, 11) is 1.68. The Labute approximate surface area is 146 Å². The van der Waals surface area contributed by atoms with Gasteiger partial charge >= 0.3 is 0 Å². The summed E-state index contributed by atoms with van der Waals surface area (Å²) in [5, 5.41) is 6.26. The van der Waals surface area contributed by atoms with Crippen molar-refractivity contribution in [1.29, 1.82) is 0 Å². The molecule has 8 heteroatoms. The lowest BCUT2D eigenvalue weighted by atomic mass is 10.3. The molecule has 0 aromatic heterocycles. The van der Waals surface area contributed by atoms with E-state index in [-0.39, 0.29) is 11.9 Å². The van der Waals surface area contributed by atoms with Gasteiger partial charge < -0.3 is 24.8 Å². The fourth-order valence-corrected chi connectivity index (χ4v) is 2.30. The standard InChI is InChI=1S/C17H25F2N3O3/c1-20-17(21-6-2-8-24-14-5-9-23-12-14)22-7-10-25-13-3-4-15(18)16(19)11-13/h3-4,11,14H,2,5-10,12H2,1H3,(H2,20,21,22).